The monoisotopic (exact) mass is 561 g/mol. The largest absolute Gasteiger partial charge is 0.465 e. The first kappa shape index (κ1) is 29.2. The minimum Gasteiger partial charge on any atom is -0.465 e. The van der Waals surface area contributed by atoms with Gasteiger partial charge in [0.2, 0.25) is 0 Å². The normalized spacial score (nSPS) is 12.6. The van der Waals surface area contributed by atoms with E-state index < -0.39 is 45.2 Å². The molecule has 0 radical (unpaired) electrons. The SMILES string of the molecule is C=C(C)C(=O)OCC(CCn1c(=O)c2c(N)c3c(=O)c4ccccc4c(=O)c3c(N)c2c1=O)COC(=O)C(C)(C)C. The van der Waals surface area contributed by atoms with Crippen LogP contribution in [0.25, 0.3) is 32.3 Å². The topological polar surface area (TPSA) is 178 Å². The molecule has 0 saturated heterocycles. The number of anilines is 2. The van der Waals surface area contributed by atoms with Crippen LogP contribution in [0.3, 0.4) is 0 Å². The molecule has 0 aliphatic carbocycles. The Morgan fingerprint density at radius 2 is 1.32 bits per heavy atom. The summed E-state index contributed by atoms with van der Waals surface area (Å²) >= 11 is 0. The van der Waals surface area contributed by atoms with Crippen LogP contribution in [0.15, 0.2) is 55.6 Å². The number of esters is 2. The van der Waals surface area contributed by atoms with Crippen molar-refractivity contribution in [3.05, 3.63) is 77.6 Å². The quantitative estimate of drug-likeness (QED) is 0.106. The number of hydrogen-bond donors (Lipinski definition) is 2. The molecule has 214 valence electrons. The summed E-state index contributed by atoms with van der Waals surface area (Å²) in [5, 5.41) is -0.631. The molecule has 3 aromatic carbocycles. The molecular formula is C30H31N3O8. The summed E-state index contributed by atoms with van der Waals surface area (Å²) < 4.78 is 11.5. The number of hydrogen-bond acceptors (Lipinski definition) is 10. The first-order valence-corrected chi connectivity index (χ1v) is 13.0. The van der Waals surface area contributed by atoms with Crippen LogP contribution in [0, 0.1) is 11.3 Å². The zero-order valence-corrected chi connectivity index (χ0v) is 23.3. The predicted octanol–water partition coefficient (Wildman–Crippen LogP) is 2.14. The van der Waals surface area contributed by atoms with Gasteiger partial charge in [0.25, 0.3) is 11.1 Å². The fourth-order valence-corrected chi connectivity index (χ4v) is 4.67. The van der Waals surface area contributed by atoms with Crippen molar-refractivity contribution < 1.29 is 19.1 Å². The van der Waals surface area contributed by atoms with Gasteiger partial charge >= 0.3 is 11.9 Å². The second-order valence-electron chi connectivity index (χ2n) is 11.2. The van der Waals surface area contributed by atoms with Gasteiger partial charge in [-0.3, -0.25) is 28.5 Å². The Morgan fingerprint density at radius 1 is 0.854 bits per heavy atom. The number of nitrogen functional groups attached to an aromatic ring is 2. The number of benzene rings is 3. The summed E-state index contributed by atoms with van der Waals surface area (Å²) in [5.74, 6) is -1.69. The van der Waals surface area contributed by atoms with Gasteiger partial charge in [0.15, 0.2) is 10.9 Å². The van der Waals surface area contributed by atoms with Gasteiger partial charge in [-0.15, -0.1) is 0 Å². The fourth-order valence-electron chi connectivity index (χ4n) is 4.67. The Balaban J connectivity index is 1.78. The smallest absolute Gasteiger partial charge is 0.333 e. The molecule has 4 aromatic rings. The maximum atomic E-state index is 13.5. The van der Waals surface area contributed by atoms with E-state index in [0.29, 0.717) is 0 Å². The number of rotatable bonds is 8. The lowest BCUT2D eigenvalue weighted by molar-refractivity contribution is -0.155. The van der Waals surface area contributed by atoms with Crippen LogP contribution in [-0.4, -0.2) is 29.7 Å². The third-order valence-electron chi connectivity index (χ3n) is 6.99. The molecule has 11 nitrogen and oxygen atoms in total. The average molecular weight is 562 g/mol. The summed E-state index contributed by atoms with van der Waals surface area (Å²) in [6.45, 7) is 9.62. The second kappa shape index (κ2) is 10.6. The average Bonchev–Trinajstić information content (AvgIpc) is 3.17. The van der Waals surface area contributed by atoms with Crippen molar-refractivity contribution >= 4 is 55.6 Å². The van der Waals surface area contributed by atoms with Crippen LogP contribution in [0.5, 0.6) is 0 Å². The maximum Gasteiger partial charge on any atom is 0.333 e. The van der Waals surface area contributed by atoms with Gasteiger partial charge in [-0.2, -0.15) is 0 Å². The molecule has 1 aromatic heterocycles. The zero-order valence-electron chi connectivity index (χ0n) is 23.3. The number of carbonyl (C=O) groups excluding carboxylic acids is 2. The van der Waals surface area contributed by atoms with Gasteiger partial charge in [0.1, 0.15) is 0 Å². The first-order valence-electron chi connectivity index (χ1n) is 13.0. The molecule has 0 fully saturated rings. The van der Waals surface area contributed by atoms with E-state index in [1.807, 2.05) is 0 Å². The highest BCUT2D eigenvalue weighted by atomic mass is 16.5. The standard InChI is InChI=1S/C30H31N3O8/c1-14(2)28(38)40-12-15(13-41-29(39)30(3,4)5)10-11-33-26(36)20-21(27(33)37)23(32)19-18(22(20)31)24(34)16-8-6-7-9-17(16)25(19)35/h6-9,15H,1,10-13,31-32H2,2-5H3. The lowest BCUT2D eigenvalue weighted by atomic mass is 9.97. The molecule has 1 unspecified atom stereocenters. The van der Waals surface area contributed by atoms with Crippen LogP contribution in [0.4, 0.5) is 11.4 Å². The van der Waals surface area contributed by atoms with E-state index in [2.05, 4.69) is 6.58 Å². The number of aromatic nitrogens is 1. The van der Waals surface area contributed by atoms with Gasteiger partial charge in [-0.1, -0.05) is 30.8 Å². The van der Waals surface area contributed by atoms with Crippen molar-refractivity contribution in [1.82, 2.24) is 4.57 Å². The Labute approximate surface area is 233 Å². The first-order chi connectivity index (χ1) is 19.2. The fraction of sp³-hybridized carbons (Fsp3) is 0.333. The van der Waals surface area contributed by atoms with Gasteiger partial charge in [0, 0.05) is 28.8 Å². The Hall–Kier alpha value is -4.80. The molecule has 1 heterocycles. The summed E-state index contributed by atoms with van der Waals surface area (Å²) in [4.78, 5) is 77.8. The van der Waals surface area contributed by atoms with Crippen molar-refractivity contribution in [3.63, 3.8) is 0 Å². The van der Waals surface area contributed by atoms with Crippen LogP contribution in [-0.2, 0) is 25.6 Å². The maximum absolute atomic E-state index is 13.5. The molecule has 11 heteroatoms. The third kappa shape index (κ3) is 5.10. The van der Waals surface area contributed by atoms with E-state index in [1.165, 1.54) is 19.1 Å². The molecule has 0 spiro atoms. The van der Waals surface area contributed by atoms with Crippen molar-refractivity contribution in [2.75, 3.05) is 24.7 Å². The summed E-state index contributed by atoms with van der Waals surface area (Å²) in [5.41, 5.74) is 8.71. The van der Waals surface area contributed by atoms with Crippen molar-refractivity contribution in [2.24, 2.45) is 11.3 Å². The number of carbonyl (C=O) groups is 2. The van der Waals surface area contributed by atoms with Crippen LogP contribution >= 0.6 is 0 Å². The van der Waals surface area contributed by atoms with E-state index >= 15 is 0 Å². The molecule has 4 N–H and O–H groups in total. The molecular weight excluding hydrogens is 530 g/mol. The number of fused-ring (bicyclic) bond motifs is 3. The zero-order chi connectivity index (χ0) is 30.4. The van der Waals surface area contributed by atoms with Gasteiger partial charge in [0.05, 0.1) is 51.5 Å². The highest BCUT2D eigenvalue weighted by Crippen LogP contribution is 2.31. The lowest BCUT2D eigenvalue weighted by Gasteiger charge is -2.21. The number of nitrogens with two attached hydrogens (primary N) is 2. The van der Waals surface area contributed by atoms with E-state index in [9.17, 15) is 28.8 Å². The van der Waals surface area contributed by atoms with Crippen molar-refractivity contribution in [3.8, 4) is 0 Å². The molecule has 0 aliphatic heterocycles. The van der Waals surface area contributed by atoms with Crippen molar-refractivity contribution in [2.45, 2.75) is 40.7 Å². The van der Waals surface area contributed by atoms with E-state index in [0.717, 1.165) is 4.57 Å². The second-order valence-corrected chi connectivity index (χ2v) is 11.2. The van der Waals surface area contributed by atoms with Gasteiger partial charge in [-0.05, 0) is 34.1 Å². The Kier molecular flexibility index (Phi) is 7.58. The van der Waals surface area contributed by atoms with Gasteiger partial charge in [-0.25, -0.2) is 4.79 Å². The van der Waals surface area contributed by atoms with Crippen LogP contribution in [0.1, 0.15) is 34.1 Å². The molecule has 0 aliphatic rings. The molecule has 0 bridgehead atoms. The summed E-state index contributed by atoms with van der Waals surface area (Å²) in [6, 6.07) is 6.16. The molecule has 41 heavy (non-hydrogen) atoms. The number of ether oxygens (including phenoxy) is 2. The summed E-state index contributed by atoms with van der Waals surface area (Å²) in [6.07, 6.45) is 0.0924. The molecule has 0 saturated carbocycles. The highest BCUT2D eigenvalue weighted by molar-refractivity contribution is 6.20. The number of nitrogens with zero attached hydrogens (tertiary/aromatic N) is 1. The minimum absolute atomic E-state index is 0.0924. The van der Waals surface area contributed by atoms with Gasteiger partial charge < -0.3 is 20.9 Å². The van der Waals surface area contributed by atoms with E-state index in [4.69, 9.17) is 20.9 Å². The van der Waals surface area contributed by atoms with Crippen LogP contribution < -0.4 is 33.4 Å². The van der Waals surface area contributed by atoms with Crippen molar-refractivity contribution in [1.29, 1.82) is 0 Å². The minimum atomic E-state index is -0.777. The highest BCUT2D eigenvalue weighted by Gasteiger charge is 2.27. The molecule has 1 atom stereocenters. The van der Waals surface area contributed by atoms with E-state index in [1.54, 1.807) is 32.9 Å². The Bertz CT molecular complexity index is 1850. The molecule has 0 amide bonds. The molecule has 4 rings (SSSR count). The van der Waals surface area contributed by atoms with Crippen LogP contribution in [0.2, 0.25) is 0 Å². The summed E-state index contributed by atoms with van der Waals surface area (Å²) in [7, 11) is 0. The predicted molar refractivity (Wildman–Crippen MR) is 158 cm³/mol. The lowest BCUT2D eigenvalue weighted by Crippen LogP contribution is -2.31. The third-order valence-corrected chi connectivity index (χ3v) is 6.99. The van der Waals surface area contributed by atoms with E-state index in [-0.39, 0.29) is 75.4 Å². The Morgan fingerprint density at radius 3 is 1.76 bits per heavy atom.